The van der Waals surface area contributed by atoms with E-state index in [0.717, 1.165) is 10.2 Å². The number of rotatable bonds is 2. The molecule has 0 bridgehead atoms. The fourth-order valence-electron chi connectivity index (χ4n) is 2.31. The lowest BCUT2D eigenvalue weighted by atomic mass is 10.1. The van der Waals surface area contributed by atoms with Gasteiger partial charge in [0, 0.05) is 29.7 Å². The number of carbonyl (C=O) groups excluding carboxylic acids is 2. The van der Waals surface area contributed by atoms with E-state index in [9.17, 15) is 9.59 Å². The molecule has 1 atom stereocenters. The number of amides is 2. The Balaban J connectivity index is 2.20. The first-order valence-corrected chi connectivity index (χ1v) is 7.20. The Bertz CT molecular complexity index is 504. The molecule has 1 unspecified atom stereocenters. The highest BCUT2D eigenvalue weighted by Crippen LogP contribution is 2.23. The zero-order valence-electron chi connectivity index (χ0n) is 11.1. The van der Waals surface area contributed by atoms with Crippen LogP contribution in [0.25, 0.3) is 0 Å². The van der Waals surface area contributed by atoms with Crippen LogP contribution in [-0.2, 0) is 9.59 Å². The minimum Gasteiger partial charge on any atom is -0.329 e. The molecular formula is C14H17BrN2O2. The van der Waals surface area contributed by atoms with Gasteiger partial charge >= 0.3 is 0 Å². The SMILES string of the molecule is CCC(=O)N1CCN(c2cccc(Br)c2)C(=O)C1C. The molecule has 1 aliphatic rings. The van der Waals surface area contributed by atoms with E-state index in [1.165, 1.54) is 0 Å². The second-order valence-electron chi connectivity index (χ2n) is 4.59. The van der Waals surface area contributed by atoms with Crippen molar-refractivity contribution in [2.75, 3.05) is 18.0 Å². The minimum atomic E-state index is -0.389. The normalized spacial score (nSPS) is 19.7. The van der Waals surface area contributed by atoms with Gasteiger partial charge in [-0.1, -0.05) is 28.9 Å². The first-order valence-electron chi connectivity index (χ1n) is 6.41. The van der Waals surface area contributed by atoms with Crippen LogP contribution in [0.4, 0.5) is 5.69 Å². The number of carbonyl (C=O) groups is 2. The molecule has 1 fully saturated rings. The molecule has 0 aromatic heterocycles. The summed E-state index contributed by atoms with van der Waals surface area (Å²) in [5.74, 6) is 0.0147. The Labute approximate surface area is 121 Å². The highest BCUT2D eigenvalue weighted by Gasteiger charge is 2.34. The van der Waals surface area contributed by atoms with Crippen molar-refractivity contribution in [2.45, 2.75) is 26.3 Å². The summed E-state index contributed by atoms with van der Waals surface area (Å²) >= 11 is 3.41. The molecule has 0 radical (unpaired) electrons. The van der Waals surface area contributed by atoms with Crippen molar-refractivity contribution in [3.8, 4) is 0 Å². The fraction of sp³-hybridized carbons (Fsp3) is 0.429. The van der Waals surface area contributed by atoms with Crippen LogP contribution in [0.2, 0.25) is 0 Å². The average Bonchev–Trinajstić information content (AvgIpc) is 2.41. The summed E-state index contributed by atoms with van der Waals surface area (Å²) in [6.45, 7) is 4.75. The van der Waals surface area contributed by atoms with Crippen LogP contribution in [0.5, 0.6) is 0 Å². The van der Waals surface area contributed by atoms with Gasteiger partial charge in [-0.2, -0.15) is 0 Å². The summed E-state index contributed by atoms with van der Waals surface area (Å²) in [7, 11) is 0. The van der Waals surface area contributed by atoms with Gasteiger partial charge in [0.1, 0.15) is 6.04 Å². The van der Waals surface area contributed by atoms with Gasteiger partial charge in [0.2, 0.25) is 11.8 Å². The third-order valence-corrected chi connectivity index (χ3v) is 3.89. The Morgan fingerprint density at radius 1 is 1.42 bits per heavy atom. The number of halogens is 1. The van der Waals surface area contributed by atoms with Gasteiger partial charge < -0.3 is 9.80 Å². The quantitative estimate of drug-likeness (QED) is 0.838. The second-order valence-corrected chi connectivity index (χ2v) is 5.50. The predicted molar refractivity (Wildman–Crippen MR) is 78.0 cm³/mol. The lowest BCUT2D eigenvalue weighted by Gasteiger charge is -2.39. The molecule has 2 amide bonds. The first-order chi connectivity index (χ1) is 9.04. The molecule has 1 saturated heterocycles. The van der Waals surface area contributed by atoms with E-state index in [2.05, 4.69) is 15.9 Å². The van der Waals surface area contributed by atoms with Crippen molar-refractivity contribution >= 4 is 33.4 Å². The van der Waals surface area contributed by atoms with Gasteiger partial charge in [0.05, 0.1) is 0 Å². The Kier molecular flexibility index (Phi) is 4.24. The number of anilines is 1. The molecule has 5 heteroatoms. The van der Waals surface area contributed by atoms with Crippen LogP contribution in [0, 0.1) is 0 Å². The number of nitrogens with zero attached hydrogens (tertiary/aromatic N) is 2. The lowest BCUT2D eigenvalue weighted by Crippen LogP contribution is -2.57. The molecule has 2 rings (SSSR count). The topological polar surface area (TPSA) is 40.6 Å². The van der Waals surface area contributed by atoms with Crippen molar-refractivity contribution < 1.29 is 9.59 Å². The van der Waals surface area contributed by atoms with Crippen molar-refractivity contribution in [1.82, 2.24) is 4.90 Å². The molecule has 0 saturated carbocycles. The van der Waals surface area contributed by atoms with Crippen molar-refractivity contribution in [3.63, 3.8) is 0 Å². The van der Waals surface area contributed by atoms with E-state index in [0.29, 0.717) is 19.5 Å². The van der Waals surface area contributed by atoms with Gasteiger partial charge in [0.25, 0.3) is 0 Å². The highest BCUT2D eigenvalue weighted by atomic mass is 79.9. The minimum absolute atomic E-state index is 0.0221. The Hall–Kier alpha value is -1.36. The Morgan fingerprint density at radius 3 is 2.79 bits per heavy atom. The number of benzene rings is 1. The molecule has 0 N–H and O–H groups in total. The summed E-state index contributed by atoms with van der Waals surface area (Å²) in [5.41, 5.74) is 0.870. The summed E-state index contributed by atoms with van der Waals surface area (Å²) in [4.78, 5) is 27.6. The van der Waals surface area contributed by atoms with Gasteiger partial charge in [-0.25, -0.2) is 0 Å². The summed E-state index contributed by atoms with van der Waals surface area (Å²) < 4.78 is 0.942. The molecule has 1 heterocycles. The maximum absolute atomic E-state index is 12.4. The summed E-state index contributed by atoms with van der Waals surface area (Å²) in [6.07, 6.45) is 0.439. The molecule has 1 aromatic rings. The van der Waals surface area contributed by atoms with Crippen LogP contribution < -0.4 is 4.90 Å². The monoisotopic (exact) mass is 324 g/mol. The van der Waals surface area contributed by atoms with Crippen LogP contribution in [0.3, 0.4) is 0 Å². The summed E-state index contributed by atoms with van der Waals surface area (Å²) in [6, 6.07) is 7.27. The first kappa shape index (κ1) is 14.1. The molecule has 19 heavy (non-hydrogen) atoms. The third kappa shape index (κ3) is 2.81. The second kappa shape index (κ2) is 5.74. The maximum Gasteiger partial charge on any atom is 0.249 e. The third-order valence-electron chi connectivity index (χ3n) is 3.40. The highest BCUT2D eigenvalue weighted by molar-refractivity contribution is 9.10. The van der Waals surface area contributed by atoms with Gasteiger partial charge in [-0.3, -0.25) is 9.59 Å². The van der Waals surface area contributed by atoms with Crippen LogP contribution in [0.15, 0.2) is 28.7 Å². The van der Waals surface area contributed by atoms with Gasteiger partial charge in [0.15, 0.2) is 0 Å². The number of hydrogen-bond donors (Lipinski definition) is 0. The molecule has 102 valence electrons. The molecule has 0 aliphatic carbocycles. The van der Waals surface area contributed by atoms with Gasteiger partial charge in [-0.05, 0) is 25.1 Å². The van der Waals surface area contributed by atoms with Gasteiger partial charge in [-0.15, -0.1) is 0 Å². The van der Waals surface area contributed by atoms with Crippen molar-refractivity contribution in [3.05, 3.63) is 28.7 Å². The molecule has 1 aromatic carbocycles. The lowest BCUT2D eigenvalue weighted by molar-refractivity contribution is -0.140. The smallest absolute Gasteiger partial charge is 0.249 e. The molecule has 1 aliphatic heterocycles. The Morgan fingerprint density at radius 2 is 2.16 bits per heavy atom. The van der Waals surface area contributed by atoms with E-state index in [-0.39, 0.29) is 17.9 Å². The summed E-state index contributed by atoms with van der Waals surface area (Å²) in [5, 5.41) is 0. The van der Waals surface area contributed by atoms with Crippen LogP contribution in [-0.4, -0.2) is 35.8 Å². The van der Waals surface area contributed by atoms with E-state index in [1.807, 2.05) is 31.2 Å². The standard InChI is InChI=1S/C14H17BrN2O2/c1-3-13(18)16-7-8-17(14(19)10(16)2)12-6-4-5-11(15)9-12/h4-6,9-10H,3,7-8H2,1-2H3. The van der Waals surface area contributed by atoms with Crippen LogP contribution >= 0.6 is 15.9 Å². The fourth-order valence-corrected chi connectivity index (χ4v) is 2.70. The van der Waals surface area contributed by atoms with E-state index in [1.54, 1.807) is 16.7 Å². The van der Waals surface area contributed by atoms with E-state index < -0.39 is 0 Å². The van der Waals surface area contributed by atoms with Crippen molar-refractivity contribution in [1.29, 1.82) is 0 Å². The maximum atomic E-state index is 12.4. The number of hydrogen-bond acceptors (Lipinski definition) is 2. The average molecular weight is 325 g/mol. The zero-order chi connectivity index (χ0) is 14.0. The van der Waals surface area contributed by atoms with E-state index >= 15 is 0 Å². The van der Waals surface area contributed by atoms with E-state index in [4.69, 9.17) is 0 Å². The zero-order valence-corrected chi connectivity index (χ0v) is 12.7. The largest absolute Gasteiger partial charge is 0.329 e. The molecule has 4 nitrogen and oxygen atoms in total. The van der Waals surface area contributed by atoms with Crippen LogP contribution in [0.1, 0.15) is 20.3 Å². The molecular weight excluding hydrogens is 308 g/mol. The number of piperazine rings is 1. The molecule has 0 spiro atoms. The predicted octanol–water partition coefficient (Wildman–Crippen LogP) is 2.42. The van der Waals surface area contributed by atoms with Crippen molar-refractivity contribution in [2.24, 2.45) is 0 Å².